The zero-order valence-corrected chi connectivity index (χ0v) is 13.3. The van der Waals surface area contributed by atoms with Crippen molar-refractivity contribution in [2.45, 2.75) is 19.3 Å². The number of hydrogen-bond donors (Lipinski definition) is 0. The zero-order chi connectivity index (χ0) is 15.5. The van der Waals surface area contributed by atoms with Gasteiger partial charge in [-0.2, -0.15) is 5.10 Å². The molecule has 1 aromatic heterocycles. The van der Waals surface area contributed by atoms with E-state index in [1.165, 1.54) is 0 Å². The number of nitrogens with zero attached hydrogens (tertiary/aromatic N) is 3. The standard InChI is InChI=1S/C14H20ClN3O4/c1-17-6-11(15)12(16-17)7-18(8-13-21-4-5-22-13)14(19)10-2-3-20-9-10/h6,10,13H,2-5,7-9H2,1H3/t10-/m0/s1. The first kappa shape index (κ1) is 15.7. The molecule has 0 unspecified atom stereocenters. The summed E-state index contributed by atoms with van der Waals surface area (Å²) in [5.74, 6) is -0.0674. The average molecular weight is 330 g/mol. The summed E-state index contributed by atoms with van der Waals surface area (Å²) in [6.07, 6.45) is 2.09. The van der Waals surface area contributed by atoms with E-state index in [1.54, 1.807) is 22.8 Å². The first-order valence-electron chi connectivity index (χ1n) is 7.41. The summed E-state index contributed by atoms with van der Waals surface area (Å²) in [5.41, 5.74) is 0.675. The van der Waals surface area contributed by atoms with Gasteiger partial charge in [-0.15, -0.1) is 0 Å². The van der Waals surface area contributed by atoms with Crippen molar-refractivity contribution in [3.05, 3.63) is 16.9 Å². The van der Waals surface area contributed by atoms with Gasteiger partial charge < -0.3 is 19.1 Å². The first-order valence-corrected chi connectivity index (χ1v) is 7.79. The second kappa shape index (κ2) is 6.95. The third-order valence-corrected chi connectivity index (χ3v) is 4.16. The van der Waals surface area contributed by atoms with Crippen LogP contribution >= 0.6 is 11.6 Å². The van der Waals surface area contributed by atoms with Gasteiger partial charge in [0.25, 0.3) is 0 Å². The van der Waals surface area contributed by atoms with E-state index < -0.39 is 0 Å². The van der Waals surface area contributed by atoms with Gasteiger partial charge in [-0.1, -0.05) is 11.6 Å². The van der Waals surface area contributed by atoms with E-state index in [-0.39, 0.29) is 18.1 Å². The molecule has 1 atom stereocenters. The maximum atomic E-state index is 12.7. The lowest BCUT2D eigenvalue weighted by Crippen LogP contribution is -2.41. The number of carbonyl (C=O) groups is 1. The van der Waals surface area contributed by atoms with Gasteiger partial charge in [-0.25, -0.2) is 0 Å². The highest BCUT2D eigenvalue weighted by molar-refractivity contribution is 6.31. The fraction of sp³-hybridized carbons (Fsp3) is 0.714. The van der Waals surface area contributed by atoms with Crippen LogP contribution in [0, 0.1) is 5.92 Å². The summed E-state index contributed by atoms with van der Waals surface area (Å²) >= 11 is 6.16. The quantitative estimate of drug-likeness (QED) is 0.800. The third-order valence-electron chi connectivity index (χ3n) is 3.85. The molecule has 2 saturated heterocycles. The highest BCUT2D eigenvalue weighted by atomic mass is 35.5. The molecule has 0 radical (unpaired) electrons. The van der Waals surface area contributed by atoms with Crippen LogP contribution in [0.1, 0.15) is 12.1 Å². The molecule has 1 aromatic rings. The maximum absolute atomic E-state index is 12.7. The van der Waals surface area contributed by atoms with E-state index >= 15 is 0 Å². The first-order chi connectivity index (χ1) is 10.6. The number of rotatable bonds is 5. The minimum Gasteiger partial charge on any atom is -0.381 e. The summed E-state index contributed by atoms with van der Waals surface area (Å²) in [4.78, 5) is 14.4. The minimum absolute atomic E-state index is 0.0401. The number of aromatic nitrogens is 2. The topological polar surface area (TPSA) is 65.8 Å². The van der Waals surface area contributed by atoms with Gasteiger partial charge in [0.15, 0.2) is 6.29 Å². The highest BCUT2D eigenvalue weighted by Crippen LogP contribution is 2.21. The monoisotopic (exact) mass is 329 g/mol. The normalized spacial score (nSPS) is 22.4. The lowest BCUT2D eigenvalue weighted by atomic mass is 10.1. The second-order valence-electron chi connectivity index (χ2n) is 5.55. The van der Waals surface area contributed by atoms with Gasteiger partial charge in [0.05, 0.1) is 43.9 Å². The molecule has 1 amide bonds. The molecule has 7 nitrogen and oxygen atoms in total. The van der Waals surface area contributed by atoms with Crippen molar-refractivity contribution in [3.63, 3.8) is 0 Å². The number of carbonyl (C=O) groups excluding carboxylic acids is 1. The molecular weight excluding hydrogens is 310 g/mol. The van der Waals surface area contributed by atoms with Crippen LogP contribution in [0.5, 0.6) is 0 Å². The van der Waals surface area contributed by atoms with Crippen molar-refractivity contribution in [3.8, 4) is 0 Å². The Kier molecular flexibility index (Phi) is 4.97. The van der Waals surface area contributed by atoms with E-state index in [4.69, 9.17) is 25.8 Å². The highest BCUT2D eigenvalue weighted by Gasteiger charge is 2.31. The molecule has 0 aromatic carbocycles. The molecular formula is C14H20ClN3O4. The molecule has 0 spiro atoms. The van der Waals surface area contributed by atoms with Crippen molar-refractivity contribution in [1.82, 2.24) is 14.7 Å². The summed E-state index contributed by atoms with van der Waals surface area (Å²) in [6.45, 7) is 2.94. The Morgan fingerprint density at radius 3 is 2.82 bits per heavy atom. The predicted molar refractivity (Wildman–Crippen MR) is 78.3 cm³/mol. The third kappa shape index (κ3) is 3.60. The molecule has 0 bridgehead atoms. The molecule has 3 heterocycles. The van der Waals surface area contributed by atoms with Gasteiger partial charge in [-0.05, 0) is 6.42 Å². The van der Waals surface area contributed by atoms with Crippen LogP contribution < -0.4 is 0 Å². The second-order valence-corrected chi connectivity index (χ2v) is 5.96. The van der Waals surface area contributed by atoms with Crippen molar-refractivity contribution >= 4 is 17.5 Å². The van der Waals surface area contributed by atoms with Crippen LogP contribution in [0.15, 0.2) is 6.20 Å². The van der Waals surface area contributed by atoms with Crippen LogP contribution in [0.4, 0.5) is 0 Å². The molecule has 8 heteroatoms. The molecule has 122 valence electrons. The summed E-state index contributed by atoms with van der Waals surface area (Å²) < 4.78 is 17.9. The van der Waals surface area contributed by atoms with Crippen LogP contribution in [-0.4, -0.2) is 59.8 Å². The summed E-state index contributed by atoms with van der Waals surface area (Å²) in [7, 11) is 1.80. The Morgan fingerprint density at radius 1 is 1.45 bits per heavy atom. The number of ether oxygens (including phenoxy) is 3. The van der Waals surface area contributed by atoms with Crippen molar-refractivity contribution in [2.24, 2.45) is 13.0 Å². The molecule has 2 aliphatic rings. The fourth-order valence-electron chi connectivity index (χ4n) is 2.71. The van der Waals surface area contributed by atoms with Gasteiger partial charge in [0.2, 0.25) is 5.91 Å². The van der Waals surface area contributed by atoms with Crippen molar-refractivity contribution < 1.29 is 19.0 Å². The Morgan fingerprint density at radius 2 is 2.23 bits per heavy atom. The van der Waals surface area contributed by atoms with E-state index in [0.29, 0.717) is 50.2 Å². The van der Waals surface area contributed by atoms with Crippen LogP contribution in [0.25, 0.3) is 0 Å². The number of hydrogen-bond acceptors (Lipinski definition) is 5. The summed E-state index contributed by atoms with van der Waals surface area (Å²) in [6, 6.07) is 0. The molecule has 0 saturated carbocycles. The number of aryl methyl sites for hydroxylation is 1. The van der Waals surface area contributed by atoms with E-state index in [2.05, 4.69) is 5.10 Å². The van der Waals surface area contributed by atoms with Gasteiger partial charge in [0, 0.05) is 19.9 Å². The largest absolute Gasteiger partial charge is 0.381 e. The number of amides is 1. The molecule has 0 N–H and O–H groups in total. The van der Waals surface area contributed by atoms with E-state index in [1.807, 2.05) is 0 Å². The van der Waals surface area contributed by atoms with Crippen molar-refractivity contribution in [1.29, 1.82) is 0 Å². The Labute approximate surface area is 134 Å². The molecule has 22 heavy (non-hydrogen) atoms. The lowest BCUT2D eigenvalue weighted by Gasteiger charge is -2.26. The zero-order valence-electron chi connectivity index (χ0n) is 12.5. The van der Waals surface area contributed by atoms with Crippen LogP contribution in [0.3, 0.4) is 0 Å². The van der Waals surface area contributed by atoms with E-state index in [9.17, 15) is 4.79 Å². The van der Waals surface area contributed by atoms with Crippen molar-refractivity contribution in [2.75, 3.05) is 33.0 Å². The van der Waals surface area contributed by atoms with Crippen LogP contribution in [0.2, 0.25) is 5.02 Å². The lowest BCUT2D eigenvalue weighted by molar-refractivity contribution is -0.142. The molecule has 3 rings (SSSR count). The van der Waals surface area contributed by atoms with Crippen LogP contribution in [-0.2, 0) is 32.6 Å². The Balaban J connectivity index is 1.72. The van der Waals surface area contributed by atoms with Gasteiger partial charge >= 0.3 is 0 Å². The maximum Gasteiger partial charge on any atom is 0.228 e. The molecule has 0 aliphatic carbocycles. The molecule has 2 aliphatic heterocycles. The average Bonchev–Trinajstić information content (AvgIpc) is 3.21. The number of halogens is 1. The fourth-order valence-corrected chi connectivity index (χ4v) is 2.94. The smallest absolute Gasteiger partial charge is 0.228 e. The SMILES string of the molecule is Cn1cc(Cl)c(CN(CC2OCCO2)C(=O)[C@H]2CCOC2)n1. The predicted octanol–water partition coefficient (Wildman–Crippen LogP) is 0.811. The Hall–Kier alpha value is -1.15. The van der Waals surface area contributed by atoms with E-state index in [0.717, 1.165) is 6.42 Å². The summed E-state index contributed by atoms with van der Waals surface area (Å²) in [5, 5.41) is 4.86. The molecule has 2 fully saturated rings. The van der Waals surface area contributed by atoms with Gasteiger partial charge in [0.1, 0.15) is 5.69 Å². The minimum atomic E-state index is -0.381. The Bertz CT molecular complexity index is 524. The van der Waals surface area contributed by atoms with Gasteiger partial charge in [-0.3, -0.25) is 9.48 Å².